The van der Waals surface area contributed by atoms with Crippen molar-refractivity contribution in [2.24, 2.45) is 10.4 Å². The van der Waals surface area contributed by atoms with Crippen LogP contribution in [0.25, 0.3) is 0 Å². The van der Waals surface area contributed by atoms with Gasteiger partial charge in [0.25, 0.3) is 0 Å². The highest BCUT2D eigenvalue weighted by Gasteiger charge is 2.76. The number of piperazine rings is 1. The first-order valence-electron chi connectivity index (χ1n) is 15.6. The first-order valence-corrected chi connectivity index (χ1v) is 16.4. The number of nitrogens with zero attached hydrogens (tertiary/aromatic N) is 5. The Bertz CT molecular complexity index is 1630. The number of aromatic nitrogens is 1. The van der Waals surface area contributed by atoms with E-state index in [1.165, 1.54) is 24.5 Å². The number of halogens is 1. The van der Waals surface area contributed by atoms with Gasteiger partial charge in [-0.25, -0.2) is 23.8 Å². The average Bonchev–Trinajstić information content (AvgIpc) is 3.63. The summed E-state index contributed by atoms with van der Waals surface area (Å²) in [6, 6.07) is 3.95. The van der Waals surface area contributed by atoms with Crippen LogP contribution in [0.4, 0.5) is 9.18 Å². The Morgan fingerprint density at radius 2 is 2.02 bits per heavy atom. The van der Waals surface area contributed by atoms with E-state index in [4.69, 9.17) is 14.5 Å². The Hall–Kier alpha value is -3.88. The van der Waals surface area contributed by atoms with Crippen molar-refractivity contribution in [2.75, 3.05) is 46.4 Å². The summed E-state index contributed by atoms with van der Waals surface area (Å²) in [6.07, 6.45) is 2.75. The summed E-state index contributed by atoms with van der Waals surface area (Å²) in [5, 5.41) is 15.5. The summed E-state index contributed by atoms with van der Waals surface area (Å²) in [5.41, 5.74) is 1.23. The number of carbonyl (C=O) groups is 3. The zero-order chi connectivity index (χ0) is 32.4. The van der Waals surface area contributed by atoms with E-state index in [0.29, 0.717) is 85.2 Å². The molecule has 1 aromatic carbocycles. The van der Waals surface area contributed by atoms with Gasteiger partial charge in [0.15, 0.2) is 16.9 Å². The number of benzene rings is 1. The molecule has 3 atom stereocenters. The molecule has 14 heteroatoms. The highest BCUT2D eigenvalue weighted by atomic mass is 32.1. The first-order chi connectivity index (χ1) is 22.1. The summed E-state index contributed by atoms with van der Waals surface area (Å²) < 4.78 is 25.6. The third-order valence-electron chi connectivity index (χ3n) is 10.3. The molecule has 6 aliphatic rings. The Morgan fingerprint density at radius 1 is 1.24 bits per heavy atom. The van der Waals surface area contributed by atoms with Crippen LogP contribution in [0.15, 0.2) is 46.0 Å². The number of amides is 2. The molecular weight excluding hydrogens is 615 g/mol. The maximum atomic E-state index is 14.8. The van der Waals surface area contributed by atoms with Crippen molar-refractivity contribution in [3.63, 3.8) is 0 Å². The number of aliphatic imine (C=N–C) groups is 1. The van der Waals surface area contributed by atoms with Gasteiger partial charge in [-0.15, -0.1) is 11.3 Å². The molecule has 46 heavy (non-hydrogen) atoms. The maximum absolute atomic E-state index is 14.8. The van der Waals surface area contributed by atoms with Crippen molar-refractivity contribution in [3.8, 4) is 0 Å². The second-order valence-electron chi connectivity index (χ2n) is 13.0. The minimum atomic E-state index is -0.956. The van der Waals surface area contributed by atoms with Gasteiger partial charge >= 0.3 is 18.0 Å². The molecule has 2 N–H and O–H groups in total. The molecule has 3 aliphatic heterocycles. The fraction of sp³-hybridized carbons (Fsp3) is 0.531. The molecule has 0 spiro atoms. The van der Waals surface area contributed by atoms with E-state index in [2.05, 4.69) is 15.2 Å². The number of thiazole rings is 1. The van der Waals surface area contributed by atoms with Gasteiger partial charge in [0.2, 0.25) is 0 Å². The normalized spacial score (nSPS) is 29.4. The second-order valence-corrected chi connectivity index (χ2v) is 13.9. The molecule has 1 aromatic heterocycles. The lowest BCUT2D eigenvalue weighted by molar-refractivity contribution is -0.254. The molecule has 244 valence electrons. The SMILES string of the molecule is CCOC(=O)C1=C(CN2CCN3C(=O)N(C45CC(C(OC)C(=O)O)(C4)C5)CC3C2)NC(c2nccs2)=NC1c1cccc(F)c1C. The van der Waals surface area contributed by atoms with Crippen LogP contribution >= 0.6 is 11.3 Å². The van der Waals surface area contributed by atoms with E-state index in [1.807, 2.05) is 15.2 Å². The van der Waals surface area contributed by atoms with Gasteiger partial charge in [0.05, 0.1) is 18.2 Å². The molecule has 2 aromatic rings. The predicted octanol–water partition coefficient (Wildman–Crippen LogP) is 2.94. The lowest BCUT2D eigenvalue weighted by Crippen LogP contribution is -2.79. The van der Waals surface area contributed by atoms with Crippen molar-refractivity contribution in [2.45, 2.75) is 56.8 Å². The van der Waals surface area contributed by atoms with Crippen LogP contribution in [0.2, 0.25) is 0 Å². The fourth-order valence-electron chi connectivity index (χ4n) is 8.29. The Morgan fingerprint density at radius 3 is 2.70 bits per heavy atom. The van der Waals surface area contributed by atoms with Crippen LogP contribution in [-0.2, 0) is 19.1 Å². The topological polar surface area (TPSA) is 137 Å². The van der Waals surface area contributed by atoms with Crippen molar-refractivity contribution < 1.29 is 33.4 Å². The second kappa shape index (κ2) is 11.4. The van der Waals surface area contributed by atoms with Crippen LogP contribution in [0.3, 0.4) is 0 Å². The molecular formula is C32H37FN6O6S. The summed E-state index contributed by atoms with van der Waals surface area (Å²) in [7, 11) is 1.43. The minimum absolute atomic E-state index is 0.00398. The van der Waals surface area contributed by atoms with E-state index >= 15 is 0 Å². The summed E-state index contributed by atoms with van der Waals surface area (Å²) in [6.45, 7) is 6.23. The number of rotatable bonds is 10. The van der Waals surface area contributed by atoms with Crippen LogP contribution in [0, 0.1) is 18.2 Å². The average molecular weight is 653 g/mol. The zero-order valence-electron chi connectivity index (χ0n) is 26.0. The van der Waals surface area contributed by atoms with Crippen LogP contribution < -0.4 is 5.32 Å². The molecule has 4 heterocycles. The largest absolute Gasteiger partial charge is 0.479 e. The van der Waals surface area contributed by atoms with Crippen molar-refractivity contribution in [3.05, 3.63) is 63.0 Å². The van der Waals surface area contributed by atoms with E-state index in [0.717, 1.165) is 0 Å². The third kappa shape index (κ3) is 4.80. The number of urea groups is 1. The van der Waals surface area contributed by atoms with Crippen LogP contribution in [-0.4, -0.2) is 113 Å². The van der Waals surface area contributed by atoms with Gasteiger partial charge in [-0.1, -0.05) is 12.1 Å². The molecule has 3 aliphatic carbocycles. The van der Waals surface area contributed by atoms with Crippen molar-refractivity contribution in [1.29, 1.82) is 0 Å². The number of carboxylic acids is 1. The monoisotopic (exact) mass is 652 g/mol. The van der Waals surface area contributed by atoms with Crippen LogP contribution in [0.5, 0.6) is 0 Å². The van der Waals surface area contributed by atoms with Gasteiger partial charge in [-0.3, -0.25) is 9.89 Å². The van der Waals surface area contributed by atoms with Gasteiger partial charge in [0.1, 0.15) is 11.9 Å². The molecule has 12 nitrogen and oxygen atoms in total. The van der Waals surface area contributed by atoms with Gasteiger partial charge in [0, 0.05) is 68.1 Å². The maximum Gasteiger partial charge on any atom is 0.338 e. The fourth-order valence-corrected chi connectivity index (χ4v) is 8.87. The Labute approximate surface area is 269 Å². The van der Waals surface area contributed by atoms with Crippen molar-refractivity contribution in [1.82, 2.24) is 25.0 Å². The zero-order valence-corrected chi connectivity index (χ0v) is 26.8. The number of esters is 1. The van der Waals surface area contributed by atoms with Crippen LogP contribution in [0.1, 0.15) is 48.4 Å². The standard InChI is InChI=1S/C32H37FN6O6S/c1-4-45-29(42)23-22(35-26(27-34-8-11-46-27)36-24(23)20-6-5-7-21(33)18(20)2)14-37-9-10-38-19(12-37)13-39(30(38)43)32-15-31(16-32,17-32)25(44-3)28(40)41/h5-8,11,19,24-25H,4,9-10,12-17H2,1-3H3,(H,35,36)(H,40,41). The van der Waals surface area contributed by atoms with Crippen molar-refractivity contribution >= 4 is 35.1 Å². The van der Waals surface area contributed by atoms with E-state index in [1.54, 1.807) is 32.2 Å². The number of ether oxygens (including phenoxy) is 2. The molecule has 2 bridgehead atoms. The third-order valence-corrected chi connectivity index (χ3v) is 11.1. The number of carboxylic acid groups (broad SMARTS) is 1. The molecule has 3 saturated carbocycles. The van der Waals surface area contributed by atoms with Gasteiger partial charge in [-0.05, 0) is 50.3 Å². The smallest absolute Gasteiger partial charge is 0.338 e. The lowest BCUT2D eigenvalue weighted by Gasteiger charge is -2.74. The molecule has 3 unspecified atom stereocenters. The molecule has 2 saturated heterocycles. The highest BCUT2D eigenvalue weighted by molar-refractivity contribution is 7.11. The quantitative estimate of drug-likeness (QED) is 0.372. The number of nitrogens with one attached hydrogen (secondary N) is 1. The number of hydrogen-bond donors (Lipinski definition) is 2. The Kier molecular flexibility index (Phi) is 7.64. The lowest BCUT2D eigenvalue weighted by atomic mass is 9.37. The molecule has 5 fully saturated rings. The molecule has 2 amide bonds. The first kappa shape index (κ1) is 30.8. The number of fused-ring (bicyclic) bond motifs is 1. The number of carbonyl (C=O) groups excluding carboxylic acids is 2. The summed E-state index contributed by atoms with van der Waals surface area (Å²) in [5.74, 6) is -1.36. The highest BCUT2D eigenvalue weighted by Crippen LogP contribution is 2.72. The number of aliphatic carboxylic acids is 1. The van der Waals surface area contributed by atoms with E-state index < -0.39 is 29.5 Å². The number of hydrogen-bond acceptors (Lipinski definition) is 10. The number of amidine groups is 1. The van der Waals surface area contributed by atoms with Gasteiger partial charge < -0.3 is 29.7 Å². The molecule has 8 rings (SSSR count). The minimum Gasteiger partial charge on any atom is -0.479 e. The summed E-state index contributed by atoms with van der Waals surface area (Å²) in [4.78, 5) is 54.3. The van der Waals surface area contributed by atoms with Gasteiger partial charge in [-0.2, -0.15) is 0 Å². The molecule has 0 radical (unpaired) electrons. The summed E-state index contributed by atoms with van der Waals surface area (Å²) >= 11 is 1.41. The van der Waals surface area contributed by atoms with E-state index in [-0.39, 0.29) is 30.0 Å². The Balaban J connectivity index is 1.14. The number of methoxy groups -OCH3 is 1. The predicted molar refractivity (Wildman–Crippen MR) is 166 cm³/mol. The van der Waals surface area contributed by atoms with E-state index in [9.17, 15) is 23.9 Å².